The summed E-state index contributed by atoms with van der Waals surface area (Å²) >= 11 is 0. The van der Waals surface area contributed by atoms with Crippen molar-refractivity contribution in [1.29, 1.82) is 0 Å². The lowest BCUT2D eigenvalue weighted by Gasteiger charge is -2.24. The molecule has 0 atom stereocenters. The zero-order valence-electron chi connectivity index (χ0n) is 13.5. The number of alkyl carbamates (subject to hydrolysis) is 1. The Morgan fingerprint density at radius 3 is 2.38 bits per heavy atom. The third kappa shape index (κ3) is 9.11. The second-order valence-corrected chi connectivity index (χ2v) is 7.33. The van der Waals surface area contributed by atoms with Crippen LogP contribution in [0.5, 0.6) is 0 Å². The van der Waals surface area contributed by atoms with Gasteiger partial charge in [-0.25, -0.2) is 4.79 Å². The summed E-state index contributed by atoms with van der Waals surface area (Å²) in [6.45, 7) is 2.84. The normalized spacial score (nSPS) is 11.6. The molecule has 0 aliphatic rings. The van der Waals surface area contributed by atoms with Gasteiger partial charge in [0.2, 0.25) is 0 Å². The van der Waals surface area contributed by atoms with Gasteiger partial charge in [0.05, 0.1) is 6.42 Å². The third-order valence-corrected chi connectivity index (χ3v) is 3.53. The number of nitrogens with one attached hydrogen (secondary N) is 1. The Morgan fingerprint density at radius 2 is 1.79 bits per heavy atom. The summed E-state index contributed by atoms with van der Waals surface area (Å²) in [7, 11) is -4.18. The van der Waals surface area contributed by atoms with Gasteiger partial charge in [0.25, 0.3) is 10.1 Å². The van der Waals surface area contributed by atoms with E-state index in [1.807, 2.05) is 30.3 Å². The van der Waals surface area contributed by atoms with Gasteiger partial charge < -0.3 is 14.8 Å². The van der Waals surface area contributed by atoms with Gasteiger partial charge >= 0.3 is 12.1 Å². The van der Waals surface area contributed by atoms with Gasteiger partial charge in [-0.2, -0.15) is 8.42 Å². The van der Waals surface area contributed by atoms with E-state index < -0.39 is 40.1 Å². The highest BCUT2D eigenvalue weighted by Gasteiger charge is 2.26. The molecule has 1 aromatic carbocycles. The first-order valence-electron chi connectivity index (χ1n) is 7.17. The molecule has 0 fully saturated rings. The molecule has 1 amide bonds. The quantitative estimate of drug-likeness (QED) is 0.533. The Morgan fingerprint density at radius 1 is 1.17 bits per heavy atom. The van der Waals surface area contributed by atoms with Gasteiger partial charge in [-0.3, -0.25) is 9.35 Å². The molecule has 1 aromatic rings. The van der Waals surface area contributed by atoms with Crippen molar-refractivity contribution in [3.8, 4) is 0 Å². The molecule has 9 heteroatoms. The standard InChI is InChI=1S/C15H21NO7S/c1-15(2,10-13(17)22-8-9-24(19,20)21)16-14(18)23-11-12-6-4-3-5-7-12/h3-7H,8-11H2,1-2H3,(H,16,18)(H,19,20,21). The molecule has 0 aliphatic heterocycles. The van der Waals surface area contributed by atoms with Crippen LogP contribution in [-0.4, -0.2) is 42.9 Å². The number of hydrogen-bond acceptors (Lipinski definition) is 6. The van der Waals surface area contributed by atoms with E-state index in [0.29, 0.717) is 0 Å². The minimum absolute atomic E-state index is 0.0988. The summed E-state index contributed by atoms with van der Waals surface area (Å²) in [5.74, 6) is -1.38. The molecular formula is C15H21NO7S. The summed E-state index contributed by atoms with van der Waals surface area (Å²) in [5, 5.41) is 2.53. The predicted octanol–water partition coefficient (Wildman–Crippen LogP) is 1.51. The van der Waals surface area contributed by atoms with Crippen molar-refractivity contribution in [1.82, 2.24) is 5.32 Å². The van der Waals surface area contributed by atoms with Gasteiger partial charge in [-0.05, 0) is 19.4 Å². The molecule has 0 saturated heterocycles. The van der Waals surface area contributed by atoms with Crippen molar-refractivity contribution < 1.29 is 32.0 Å². The van der Waals surface area contributed by atoms with E-state index >= 15 is 0 Å². The lowest BCUT2D eigenvalue weighted by Crippen LogP contribution is -2.45. The van der Waals surface area contributed by atoms with Crippen LogP contribution in [0.15, 0.2) is 30.3 Å². The summed E-state index contributed by atoms with van der Waals surface area (Å²) in [6, 6.07) is 9.11. The van der Waals surface area contributed by atoms with E-state index in [4.69, 9.17) is 14.0 Å². The first-order chi connectivity index (χ1) is 11.1. The second kappa shape index (κ2) is 8.65. The Hall–Kier alpha value is -2.13. The lowest BCUT2D eigenvalue weighted by atomic mass is 10.0. The molecule has 8 nitrogen and oxygen atoms in total. The molecule has 2 N–H and O–H groups in total. The SMILES string of the molecule is CC(C)(CC(=O)OCCS(=O)(=O)O)NC(=O)OCc1ccccc1. The smallest absolute Gasteiger partial charge is 0.407 e. The highest BCUT2D eigenvalue weighted by atomic mass is 32.2. The maximum atomic E-state index is 11.8. The minimum Gasteiger partial charge on any atom is -0.464 e. The van der Waals surface area contributed by atoms with Crippen molar-refractivity contribution in [2.75, 3.05) is 12.4 Å². The van der Waals surface area contributed by atoms with Crippen molar-refractivity contribution in [2.45, 2.75) is 32.4 Å². The zero-order chi connectivity index (χ0) is 18.2. The fourth-order valence-electron chi connectivity index (χ4n) is 1.75. The summed E-state index contributed by atoms with van der Waals surface area (Å²) in [4.78, 5) is 23.4. The van der Waals surface area contributed by atoms with Crippen LogP contribution in [0.25, 0.3) is 0 Å². The number of carbonyl (C=O) groups excluding carboxylic acids is 2. The van der Waals surface area contributed by atoms with E-state index in [9.17, 15) is 18.0 Å². The molecule has 134 valence electrons. The number of ether oxygens (including phenoxy) is 2. The van der Waals surface area contributed by atoms with E-state index in [1.165, 1.54) is 0 Å². The Bertz CT molecular complexity index is 656. The maximum absolute atomic E-state index is 11.8. The third-order valence-electron chi connectivity index (χ3n) is 2.84. The lowest BCUT2D eigenvalue weighted by molar-refractivity contribution is -0.144. The number of rotatable bonds is 8. The molecule has 0 heterocycles. The van der Waals surface area contributed by atoms with Gasteiger partial charge in [0, 0.05) is 5.54 Å². The van der Waals surface area contributed by atoms with Crippen molar-refractivity contribution in [2.24, 2.45) is 0 Å². The van der Waals surface area contributed by atoms with Crippen molar-refractivity contribution in [3.05, 3.63) is 35.9 Å². The van der Waals surface area contributed by atoms with Gasteiger partial charge in [0.1, 0.15) is 19.0 Å². The van der Waals surface area contributed by atoms with Gasteiger partial charge in [-0.15, -0.1) is 0 Å². The Kier molecular flexibility index (Phi) is 7.18. The van der Waals surface area contributed by atoms with E-state index in [2.05, 4.69) is 5.32 Å². The van der Waals surface area contributed by atoms with Gasteiger partial charge in [-0.1, -0.05) is 30.3 Å². The molecule has 24 heavy (non-hydrogen) atoms. The fraction of sp³-hybridized carbons (Fsp3) is 0.467. The highest BCUT2D eigenvalue weighted by Crippen LogP contribution is 2.10. The molecular weight excluding hydrogens is 338 g/mol. The molecule has 0 radical (unpaired) electrons. The molecule has 0 bridgehead atoms. The molecule has 0 spiro atoms. The zero-order valence-corrected chi connectivity index (χ0v) is 14.3. The van der Waals surface area contributed by atoms with Crippen LogP contribution in [0, 0.1) is 0 Å². The van der Waals surface area contributed by atoms with E-state index in [1.54, 1.807) is 13.8 Å². The van der Waals surface area contributed by atoms with Crippen LogP contribution >= 0.6 is 0 Å². The minimum atomic E-state index is -4.18. The Labute approximate surface area is 140 Å². The van der Waals surface area contributed by atoms with Gasteiger partial charge in [0.15, 0.2) is 0 Å². The molecule has 0 saturated carbocycles. The fourth-order valence-corrected chi connectivity index (χ4v) is 2.05. The first kappa shape index (κ1) is 19.9. The number of benzene rings is 1. The van der Waals surface area contributed by atoms with Crippen LogP contribution in [0.1, 0.15) is 25.8 Å². The first-order valence-corrected chi connectivity index (χ1v) is 8.78. The maximum Gasteiger partial charge on any atom is 0.407 e. The molecule has 1 rings (SSSR count). The average molecular weight is 359 g/mol. The van der Waals surface area contributed by atoms with E-state index in [0.717, 1.165) is 5.56 Å². The summed E-state index contributed by atoms with van der Waals surface area (Å²) in [6.07, 6.45) is -0.867. The van der Waals surface area contributed by atoms with Crippen molar-refractivity contribution >= 4 is 22.2 Å². The molecule has 0 aromatic heterocycles. The van der Waals surface area contributed by atoms with Crippen LogP contribution < -0.4 is 5.32 Å². The van der Waals surface area contributed by atoms with Crippen LogP contribution in [0.4, 0.5) is 4.79 Å². The number of esters is 1. The Balaban J connectivity index is 2.36. The second-order valence-electron chi connectivity index (χ2n) is 5.75. The van der Waals surface area contributed by atoms with E-state index in [-0.39, 0.29) is 13.0 Å². The predicted molar refractivity (Wildman–Crippen MR) is 85.8 cm³/mol. The molecule has 0 unspecified atom stereocenters. The van der Waals surface area contributed by atoms with Crippen LogP contribution in [-0.2, 0) is 31.0 Å². The number of carbonyl (C=O) groups is 2. The summed E-state index contributed by atoms with van der Waals surface area (Å²) < 4.78 is 39.3. The van der Waals surface area contributed by atoms with Crippen LogP contribution in [0.3, 0.4) is 0 Å². The van der Waals surface area contributed by atoms with Crippen molar-refractivity contribution in [3.63, 3.8) is 0 Å². The summed E-state index contributed by atoms with van der Waals surface area (Å²) in [5.41, 5.74) is -0.113. The molecule has 0 aliphatic carbocycles. The largest absolute Gasteiger partial charge is 0.464 e. The number of hydrogen-bond donors (Lipinski definition) is 2. The topological polar surface area (TPSA) is 119 Å². The number of amides is 1. The van der Waals surface area contributed by atoms with Crippen LogP contribution in [0.2, 0.25) is 0 Å². The monoisotopic (exact) mass is 359 g/mol. The highest BCUT2D eigenvalue weighted by molar-refractivity contribution is 7.85. The average Bonchev–Trinajstić information content (AvgIpc) is 2.43.